The zero-order valence-electron chi connectivity index (χ0n) is 8.92. The van der Waals surface area contributed by atoms with Crippen molar-refractivity contribution in [1.82, 2.24) is 5.32 Å². The average Bonchev–Trinajstić information content (AvgIpc) is 2.17. The van der Waals surface area contributed by atoms with E-state index in [1.165, 1.54) is 0 Å². The minimum Gasteiger partial charge on any atom is -0.450 e. The first-order valence-electron chi connectivity index (χ1n) is 4.80. The number of carbonyl (C=O) groups is 1. The van der Waals surface area contributed by atoms with Crippen LogP contribution < -0.4 is 5.32 Å². The maximum absolute atomic E-state index is 11.0. The fourth-order valence-corrected chi connectivity index (χ4v) is 0.740. The molecule has 80 valence electrons. The molecule has 4 heteroatoms. The Morgan fingerprint density at radius 1 is 1.36 bits per heavy atom. The number of nitrogens with one attached hydrogen (secondary N) is 1. The summed E-state index contributed by atoms with van der Waals surface area (Å²) in [7, 11) is 0. The fourth-order valence-electron chi connectivity index (χ4n) is 0.740. The quantitative estimate of drug-likeness (QED) is 0.698. The largest absolute Gasteiger partial charge is 0.450 e. The molecule has 0 saturated carbocycles. The van der Waals surface area contributed by atoms with Gasteiger partial charge in [-0.2, -0.15) is 0 Å². The van der Waals surface area contributed by atoms with Gasteiger partial charge in [-0.25, -0.2) is 4.79 Å². The van der Waals surface area contributed by atoms with Gasteiger partial charge in [0.05, 0.1) is 19.3 Å². The van der Waals surface area contributed by atoms with E-state index in [2.05, 4.69) is 17.3 Å². The van der Waals surface area contributed by atoms with Gasteiger partial charge in [0.25, 0.3) is 0 Å². The fraction of sp³-hybridized carbons (Fsp3) is 0.700. The summed E-state index contributed by atoms with van der Waals surface area (Å²) in [5.41, 5.74) is 0. The Balaban J connectivity index is 3.91. The minimum absolute atomic E-state index is 0.208. The van der Waals surface area contributed by atoms with Gasteiger partial charge < -0.3 is 14.8 Å². The molecule has 0 aliphatic rings. The van der Waals surface area contributed by atoms with Crippen molar-refractivity contribution in [2.75, 3.05) is 13.2 Å². The number of alkyl carbamates (subject to hydrolysis) is 1. The molecule has 1 unspecified atom stereocenters. The van der Waals surface area contributed by atoms with Crippen LogP contribution in [0.5, 0.6) is 0 Å². The minimum atomic E-state index is -0.440. The summed E-state index contributed by atoms with van der Waals surface area (Å²) in [5, 5.41) is 2.61. The van der Waals surface area contributed by atoms with E-state index in [4.69, 9.17) is 9.47 Å². The van der Waals surface area contributed by atoms with Crippen LogP contribution in [0, 0.1) is 12.0 Å². The van der Waals surface area contributed by atoms with Crippen LogP contribution in [-0.2, 0) is 9.47 Å². The van der Waals surface area contributed by atoms with Crippen LogP contribution in [0.1, 0.15) is 27.2 Å². The van der Waals surface area contributed by atoms with Crippen LogP contribution in [0.4, 0.5) is 4.79 Å². The second kappa shape index (κ2) is 8.24. The lowest BCUT2D eigenvalue weighted by atomic mass is 10.2. The van der Waals surface area contributed by atoms with Gasteiger partial charge in [-0.1, -0.05) is 6.92 Å². The molecule has 0 aliphatic heterocycles. The van der Waals surface area contributed by atoms with Crippen molar-refractivity contribution in [3.8, 4) is 12.0 Å². The van der Waals surface area contributed by atoms with Crippen LogP contribution >= 0.6 is 0 Å². The van der Waals surface area contributed by atoms with Crippen LogP contribution in [0.2, 0.25) is 0 Å². The SMILES string of the molecule is CCOC#CC(CC)NC(=O)OCC. The molecule has 0 heterocycles. The Kier molecular flexibility index (Phi) is 7.43. The van der Waals surface area contributed by atoms with Gasteiger partial charge in [-0.05, 0) is 26.2 Å². The second-order valence-corrected chi connectivity index (χ2v) is 2.51. The van der Waals surface area contributed by atoms with Crippen molar-refractivity contribution in [3.05, 3.63) is 0 Å². The molecule has 14 heavy (non-hydrogen) atoms. The molecule has 0 saturated heterocycles. The maximum atomic E-state index is 11.0. The zero-order valence-corrected chi connectivity index (χ0v) is 8.92. The first kappa shape index (κ1) is 12.6. The molecule has 0 aromatic carbocycles. The van der Waals surface area contributed by atoms with Gasteiger partial charge in [0, 0.05) is 0 Å². The lowest BCUT2D eigenvalue weighted by molar-refractivity contribution is 0.150. The summed E-state index contributed by atoms with van der Waals surface area (Å²) < 4.78 is 9.58. The molecule has 0 aromatic heterocycles. The van der Waals surface area contributed by atoms with E-state index in [0.29, 0.717) is 13.2 Å². The van der Waals surface area contributed by atoms with Crippen LogP contribution in [0.15, 0.2) is 0 Å². The van der Waals surface area contributed by atoms with Crippen LogP contribution in [0.3, 0.4) is 0 Å². The molecule has 1 atom stereocenters. The third kappa shape index (κ3) is 6.18. The van der Waals surface area contributed by atoms with E-state index in [0.717, 1.165) is 6.42 Å². The molecule has 0 spiro atoms. The Morgan fingerprint density at radius 2 is 2.07 bits per heavy atom. The molecule has 0 aliphatic carbocycles. The summed E-state index contributed by atoms with van der Waals surface area (Å²) in [6.45, 7) is 6.45. The Labute approximate surface area is 85.0 Å². The van der Waals surface area contributed by atoms with Gasteiger partial charge in [0.15, 0.2) is 0 Å². The van der Waals surface area contributed by atoms with Crippen molar-refractivity contribution in [1.29, 1.82) is 0 Å². The van der Waals surface area contributed by atoms with E-state index in [1.54, 1.807) is 6.92 Å². The molecule has 0 radical (unpaired) electrons. The normalized spacial score (nSPS) is 10.8. The van der Waals surface area contributed by atoms with Gasteiger partial charge in [-0.15, -0.1) is 0 Å². The zero-order chi connectivity index (χ0) is 10.8. The van der Waals surface area contributed by atoms with Gasteiger partial charge in [0.1, 0.15) is 6.11 Å². The predicted octanol–water partition coefficient (Wildman–Crippen LogP) is 1.51. The monoisotopic (exact) mass is 199 g/mol. The molecule has 0 aromatic rings. The highest BCUT2D eigenvalue weighted by molar-refractivity contribution is 5.68. The number of carbonyl (C=O) groups excluding carboxylic acids is 1. The van der Waals surface area contributed by atoms with E-state index in [1.807, 2.05) is 13.8 Å². The van der Waals surface area contributed by atoms with Gasteiger partial charge in [-0.3, -0.25) is 0 Å². The van der Waals surface area contributed by atoms with Crippen molar-refractivity contribution in [2.45, 2.75) is 33.2 Å². The van der Waals surface area contributed by atoms with E-state index < -0.39 is 6.09 Å². The topological polar surface area (TPSA) is 47.6 Å². The Morgan fingerprint density at radius 3 is 2.57 bits per heavy atom. The highest BCUT2D eigenvalue weighted by atomic mass is 16.5. The standard InChI is InChI=1S/C10H17NO3/c1-4-9(7-8-13-5-2)11-10(12)14-6-3/h9H,4-6H2,1-3H3,(H,11,12). The molecule has 4 nitrogen and oxygen atoms in total. The lowest BCUT2D eigenvalue weighted by Crippen LogP contribution is -2.33. The molecule has 0 bridgehead atoms. The summed E-state index contributed by atoms with van der Waals surface area (Å²) in [4.78, 5) is 11.0. The first-order chi connectivity index (χ1) is 6.74. The van der Waals surface area contributed by atoms with E-state index in [9.17, 15) is 4.79 Å². The molecular formula is C10H17NO3. The van der Waals surface area contributed by atoms with Crippen molar-refractivity contribution >= 4 is 6.09 Å². The Bertz CT molecular complexity index is 217. The smallest absolute Gasteiger partial charge is 0.408 e. The molecule has 1 amide bonds. The summed E-state index contributed by atoms with van der Waals surface area (Å²) in [5.74, 6) is 2.78. The number of ether oxygens (including phenoxy) is 2. The Hall–Kier alpha value is -1.37. The van der Waals surface area contributed by atoms with Crippen LogP contribution in [0.25, 0.3) is 0 Å². The number of hydrogen-bond donors (Lipinski definition) is 1. The number of hydrogen-bond acceptors (Lipinski definition) is 3. The summed E-state index contributed by atoms with van der Waals surface area (Å²) in [6.07, 6.45) is 2.79. The molecular weight excluding hydrogens is 182 g/mol. The van der Waals surface area contributed by atoms with Gasteiger partial charge >= 0.3 is 6.09 Å². The highest BCUT2D eigenvalue weighted by Crippen LogP contribution is 1.90. The van der Waals surface area contributed by atoms with Crippen LogP contribution in [-0.4, -0.2) is 25.3 Å². The summed E-state index contributed by atoms with van der Waals surface area (Å²) in [6, 6.07) is -0.208. The van der Waals surface area contributed by atoms with Crippen molar-refractivity contribution in [2.24, 2.45) is 0 Å². The lowest BCUT2D eigenvalue weighted by Gasteiger charge is -2.09. The second-order valence-electron chi connectivity index (χ2n) is 2.51. The summed E-state index contributed by atoms with van der Waals surface area (Å²) >= 11 is 0. The maximum Gasteiger partial charge on any atom is 0.408 e. The van der Waals surface area contributed by atoms with E-state index in [-0.39, 0.29) is 6.04 Å². The third-order valence-electron chi connectivity index (χ3n) is 1.43. The van der Waals surface area contributed by atoms with Gasteiger partial charge in [0.2, 0.25) is 0 Å². The predicted molar refractivity (Wildman–Crippen MR) is 53.6 cm³/mol. The number of amides is 1. The molecule has 0 rings (SSSR count). The average molecular weight is 199 g/mol. The first-order valence-corrected chi connectivity index (χ1v) is 4.80. The molecule has 0 fully saturated rings. The molecule has 1 N–H and O–H groups in total. The number of rotatable bonds is 4. The van der Waals surface area contributed by atoms with Crippen molar-refractivity contribution < 1.29 is 14.3 Å². The van der Waals surface area contributed by atoms with E-state index >= 15 is 0 Å². The van der Waals surface area contributed by atoms with Crippen molar-refractivity contribution in [3.63, 3.8) is 0 Å². The highest BCUT2D eigenvalue weighted by Gasteiger charge is 2.07. The third-order valence-corrected chi connectivity index (χ3v) is 1.43.